The average molecular weight is 304 g/mol. The summed E-state index contributed by atoms with van der Waals surface area (Å²) in [7, 11) is 0. The van der Waals surface area contributed by atoms with Gasteiger partial charge in [0, 0.05) is 29.1 Å². The minimum absolute atomic E-state index is 0.0994. The van der Waals surface area contributed by atoms with Gasteiger partial charge in [0.15, 0.2) is 0 Å². The van der Waals surface area contributed by atoms with Gasteiger partial charge in [0.2, 0.25) is 5.91 Å². The number of carbonyl (C=O) groups excluding carboxylic acids is 1. The number of aromatic nitrogens is 1. The maximum atomic E-state index is 12.2. The highest BCUT2D eigenvalue weighted by Crippen LogP contribution is 2.49. The SMILES string of the molecule is O=C(Cc1ccccc1)NCC1(c2c[nH]c3ccccc23)CC1. The number of fused-ring (bicyclic) bond motifs is 1. The Morgan fingerprint density at radius 1 is 1.04 bits per heavy atom. The summed E-state index contributed by atoms with van der Waals surface area (Å²) in [6.07, 6.45) is 4.84. The van der Waals surface area contributed by atoms with Crippen molar-refractivity contribution in [2.75, 3.05) is 6.54 Å². The molecule has 116 valence electrons. The zero-order valence-electron chi connectivity index (χ0n) is 13.0. The van der Waals surface area contributed by atoms with Crippen LogP contribution in [0.4, 0.5) is 0 Å². The normalized spacial score (nSPS) is 15.5. The van der Waals surface area contributed by atoms with Gasteiger partial charge in [-0.25, -0.2) is 0 Å². The fourth-order valence-corrected chi connectivity index (χ4v) is 3.31. The Morgan fingerprint density at radius 2 is 1.78 bits per heavy atom. The van der Waals surface area contributed by atoms with Gasteiger partial charge in [-0.15, -0.1) is 0 Å². The van der Waals surface area contributed by atoms with E-state index in [4.69, 9.17) is 0 Å². The van der Waals surface area contributed by atoms with E-state index >= 15 is 0 Å². The van der Waals surface area contributed by atoms with Crippen molar-refractivity contribution in [3.8, 4) is 0 Å². The molecule has 4 rings (SSSR count). The molecular weight excluding hydrogens is 284 g/mol. The summed E-state index contributed by atoms with van der Waals surface area (Å²) in [5.74, 6) is 0.0994. The van der Waals surface area contributed by atoms with Crippen LogP contribution < -0.4 is 5.32 Å². The highest BCUT2D eigenvalue weighted by molar-refractivity contribution is 5.85. The topological polar surface area (TPSA) is 44.9 Å². The van der Waals surface area contributed by atoms with Crippen LogP contribution in [0.2, 0.25) is 0 Å². The molecule has 0 unspecified atom stereocenters. The summed E-state index contributed by atoms with van der Waals surface area (Å²) in [4.78, 5) is 15.6. The zero-order valence-corrected chi connectivity index (χ0v) is 13.0. The van der Waals surface area contributed by atoms with Crippen LogP contribution in [0.5, 0.6) is 0 Å². The average Bonchev–Trinajstić information content (AvgIpc) is 3.25. The lowest BCUT2D eigenvalue weighted by atomic mass is 9.95. The number of aromatic amines is 1. The Morgan fingerprint density at radius 3 is 2.57 bits per heavy atom. The maximum Gasteiger partial charge on any atom is 0.224 e. The lowest BCUT2D eigenvalue weighted by molar-refractivity contribution is -0.120. The Kier molecular flexibility index (Phi) is 3.41. The minimum Gasteiger partial charge on any atom is -0.361 e. The highest BCUT2D eigenvalue weighted by atomic mass is 16.1. The van der Waals surface area contributed by atoms with E-state index < -0.39 is 0 Å². The monoisotopic (exact) mass is 304 g/mol. The standard InChI is InChI=1S/C20H20N2O/c23-19(12-15-6-2-1-3-7-15)22-14-20(10-11-20)17-13-21-18-9-5-4-8-16(17)18/h1-9,13,21H,10-12,14H2,(H,22,23). The van der Waals surface area contributed by atoms with Gasteiger partial charge in [-0.05, 0) is 30.0 Å². The number of hydrogen-bond acceptors (Lipinski definition) is 1. The summed E-state index contributed by atoms with van der Waals surface area (Å²) in [6, 6.07) is 18.3. The third-order valence-corrected chi connectivity index (χ3v) is 4.85. The van der Waals surface area contributed by atoms with Gasteiger partial charge in [-0.1, -0.05) is 48.5 Å². The first kappa shape index (κ1) is 14.1. The first-order chi connectivity index (χ1) is 11.3. The second-order valence-corrected chi connectivity index (χ2v) is 6.47. The fraction of sp³-hybridized carbons (Fsp3) is 0.250. The molecule has 1 aliphatic rings. The Hall–Kier alpha value is -2.55. The summed E-state index contributed by atoms with van der Waals surface area (Å²) in [5.41, 5.74) is 3.69. The van der Waals surface area contributed by atoms with Crippen molar-refractivity contribution in [3.63, 3.8) is 0 Å². The van der Waals surface area contributed by atoms with E-state index in [0.717, 1.165) is 24.9 Å². The molecule has 0 bridgehead atoms. The molecule has 3 aromatic rings. The van der Waals surface area contributed by atoms with Crippen LogP contribution in [0.3, 0.4) is 0 Å². The highest BCUT2D eigenvalue weighted by Gasteiger charge is 2.45. The lowest BCUT2D eigenvalue weighted by Crippen LogP contribution is -2.33. The molecule has 1 saturated carbocycles. The van der Waals surface area contributed by atoms with Gasteiger partial charge < -0.3 is 10.3 Å². The van der Waals surface area contributed by atoms with E-state index in [9.17, 15) is 4.79 Å². The van der Waals surface area contributed by atoms with Crippen LogP contribution in [0.15, 0.2) is 60.8 Å². The van der Waals surface area contributed by atoms with Gasteiger partial charge in [-0.3, -0.25) is 4.79 Å². The van der Waals surface area contributed by atoms with Crippen molar-refractivity contribution in [2.24, 2.45) is 0 Å². The largest absolute Gasteiger partial charge is 0.361 e. The molecule has 3 heteroatoms. The summed E-state index contributed by atoms with van der Waals surface area (Å²) in [6.45, 7) is 0.723. The van der Waals surface area contributed by atoms with Gasteiger partial charge in [0.05, 0.1) is 6.42 Å². The molecule has 2 N–H and O–H groups in total. The lowest BCUT2D eigenvalue weighted by Gasteiger charge is -2.16. The number of H-pyrrole nitrogens is 1. The molecule has 0 spiro atoms. The Bertz CT molecular complexity index is 831. The minimum atomic E-state index is 0.0994. The number of nitrogens with one attached hydrogen (secondary N) is 2. The van der Waals surface area contributed by atoms with Crippen molar-refractivity contribution in [2.45, 2.75) is 24.7 Å². The molecule has 1 heterocycles. The van der Waals surface area contributed by atoms with Gasteiger partial charge >= 0.3 is 0 Å². The van der Waals surface area contributed by atoms with Gasteiger partial charge in [0.25, 0.3) is 0 Å². The smallest absolute Gasteiger partial charge is 0.224 e. The third-order valence-electron chi connectivity index (χ3n) is 4.85. The first-order valence-corrected chi connectivity index (χ1v) is 8.14. The van der Waals surface area contributed by atoms with Crippen molar-refractivity contribution in [3.05, 3.63) is 71.9 Å². The molecule has 2 aromatic carbocycles. The van der Waals surface area contributed by atoms with Crippen LogP contribution in [0.1, 0.15) is 24.0 Å². The molecule has 1 aromatic heterocycles. The number of hydrogen-bond donors (Lipinski definition) is 2. The van der Waals surface area contributed by atoms with Crippen molar-refractivity contribution < 1.29 is 4.79 Å². The predicted molar refractivity (Wildman–Crippen MR) is 92.4 cm³/mol. The molecule has 1 amide bonds. The third kappa shape index (κ3) is 2.74. The summed E-state index contributed by atoms with van der Waals surface area (Å²) < 4.78 is 0. The molecule has 3 nitrogen and oxygen atoms in total. The maximum absolute atomic E-state index is 12.2. The Balaban J connectivity index is 1.45. The zero-order chi connectivity index (χ0) is 15.7. The van der Waals surface area contributed by atoms with Gasteiger partial charge in [0.1, 0.15) is 0 Å². The summed E-state index contributed by atoms with van der Waals surface area (Å²) in [5, 5.41) is 4.41. The van der Waals surface area contributed by atoms with Gasteiger partial charge in [-0.2, -0.15) is 0 Å². The number of para-hydroxylation sites is 1. The molecular formula is C20H20N2O. The molecule has 0 saturated heterocycles. The Labute approximate surface area is 135 Å². The van der Waals surface area contributed by atoms with Crippen LogP contribution in [0, 0.1) is 0 Å². The quantitative estimate of drug-likeness (QED) is 0.744. The van der Waals surface area contributed by atoms with Crippen LogP contribution in [-0.2, 0) is 16.6 Å². The molecule has 23 heavy (non-hydrogen) atoms. The fourth-order valence-electron chi connectivity index (χ4n) is 3.31. The number of amides is 1. The second-order valence-electron chi connectivity index (χ2n) is 6.47. The number of benzene rings is 2. The number of rotatable bonds is 5. The van der Waals surface area contributed by atoms with E-state index in [0.29, 0.717) is 6.42 Å². The molecule has 1 aliphatic carbocycles. The molecule has 1 fully saturated rings. The van der Waals surface area contributed by atoms with Crippen molar-refractivity contribution >= 4 is 16.8 Å². The van der Waals surface area contributed by atoms with Crippen LogP contribution in [-0.4, -0.2) is 17.4 Å². The predicted octanol–water partition coefficient (Wildman–Crippen LogP) is 3.56. The summed E-state index contributed by atoms with van der Waals surface area (Å²) >= 11 is 0. The van der Waals surface area contributed by atoms with E-state index in [1.165, 1.54) is 16.5 Å². The molecule has 0 aliphatic heterocycles. The second kappa shape index (κ2) is 5.58. The molecule has 0 radical (unpaired) electrons. The van der Waals surface area contributed by atoms with E-state index in [-0.39, 0.29) is 11.3 Å². The van der Waals surface area contributed by atoms with E-state index in [2.05, 4.69) is 34.7 Å². The van der Waals surface area contributed by atoms with E-state index in [1.54, 1.807) is 0 Å². The van der Waals surface area contributed by atoms with Crippen molar-refractivity contribution in [1.82, 2.24) is 10.3 Å². The number of carbonyl (C=O) groups is 1. The van der Waals surface area contributed by atoms with Crippen LogP contribution in [0.25, 0.3) is 10.9 Å². The first-order valence-electron chi connectivity index (χ1n) is 8.14. The van der Waals surface area contributed by atoms with Crippen molar-refractivity contribution in [1.29, 1.82) is 0 Å². The van der Waals surface area contributed by atoms with E-state index in [1.807, 2.05) is 36.4 Å². The molecule has 0 atom stereocenters. The van der Waals surface area contributed by atoms with Crippen LogP contribution >= 0.6 is 0 Å².